The van der Waals surface area contributed by atoms with Crippen LogP contribution in [0.4, 0.5) is 5.69 Å². The number of anilines is 1. The molecule has 1 aliphatic rings. The zero-order chi connectivity index (χ0) is 16.1. The third-order valence-corrected chi connectivity index (χ3v) is 3.81. The summed E-state index contributed by atoms with van der Waals surface area (Å²) in [6.45, 7) is 0.231. The van der Waals surface area contributed by atoms with Crippen molar-refractivity contribution >= 4 is 35.0 Å². The summed E-state index contributed by atoms with van der Waals surface area (Å²) >= 11 is 5.88. The van der Waals surface area contributed by atoms with Crippen molar-refractivity contribution in [2.45, 2.75) is 12.8 Å². The van der Waals surface area contributed by atoms with E-state index in [0.717, 1.165) is 0 Å². The van der Waals surface area contributed by atoms with Crippen LogP contribution in [0.15, 0.2) is 24.3 Å². The van der Waals surface area contributed by atoms with Crippen LogP contribution in [-0.2, 0) is 14.4 Å². The molecule has 3 amide bonds. The first-order chi connectivity index (χ1) is 10.5. The van der Waals surface area contributed by atoms with Crippen LogP contribution in [0.2, 0.25) is 5.02 Å². The van der Waals surface area contributed by atoms with Crippen LogP contribution >= 0.6 is 11.6 Å². The fourth-order valence-corrected chi connectivity index (χ4v) is 2.53. The van der Waals surface area contributed by atoms with Gasteiger partial charge in [-0.1, -0.05) is 17.7 Å². The summed E-state index contributed by atoms with van der Waals surface area (Å²) in [5.74, 6) is -0.849. The molecule has 1 atom stereocenters. The lowest BCUT2D eigenvalue weighted by molar-refractivity contribution is -0.140. The predicted molar refractivity (Wildman–Crippen MR) is 83.5 cm³/mol. The predicted octanol–water partition coefficient (Wildman–Crippen LogP) is 1.26. The number of nitrogens with one attached hydrogen (secondary N) is 2. The van der Waals surface area contributed by atoms with Crippen LogP contribution in [0.3, 0.4) is 0 Å². The highest BCUT2D eigenvalue weighted by molar-refractivity contribution is 6.30. The third-order valence-electron chi connectivity index (χ3n) is 3.58. The summed E-state index contributed by atoms with van der Waals surface area (Å²) in [5, 5.41) is 5.81. The van der Waals surface area contributed by atoms with E-state index < -0.39 is 0 Å². The van der Waals surface area contributed by atoms with Gasteiger partial charge in [0.1, 0.15) is 0 Å². The molecule has 1 heterocycles. The Morgan fingerprint density at radius 3 is 2.86 bits per heavy atom. The maximum Gasteiger partial charge on any atom is 0.239 e. The SMILES string of the molecule is CNC(=O)CN1CC(C(=O)Nc2cccc(Cl)c2)CCC1=O. The Balaban J connectivity index is 1.98. The summed E-state index contributed by atoms with van der Waals surface area (Å²) in [6, 6.07) is 6.89. The minimum absolute atomic E-state index is 0.0176. The minimum atomic E-state index is -0.332. The maximum absolute atomic E-state index is 12.3. The number of piperidine rings is 1. The molecule has 1 fully saturated rings. The number of halogens is 1. The van der Waals surface area contributed by atoms with Crippen LogP contribution in [0.5, 0.6) is 0 Å². The Morgan fingerprint density at radius 1 is 1.41 bits per heavy atom. The standard InChI is InChI=1S/C15H18ClN3O3/c1-17-13(20)9-19-8-10(5-6-14(19)21)15(22)18-12-4-2-3-11(16)7-12/h2-4,7,10H,5-6,8-9H2,1H3,(H,17,20)(H,18,22). The molecule has 7 heteroatoms. The number of amides is 3. The highest BCUT2D eigenvalue weighted by Crippen LogP contribution is 2.21. The monoisotopic (exact) mass is 323 g/mol. The summed E-state index contributed by atoms with van der Waals surface area (Å²) in [4.78, 5) is 36.9. The van der Waals surface area contributed by atoms with Gasteiger partial charge in [-0.05, 0) is 24.6 Å². The summed E-state index contributed by atoms with van der Waals surface area (Å²) < 4.78 is 0. The van der Waals surface area contributed by atoms with E-state index >= 15 is 0 Å². The van der Waals surface area contributed by atoms with E-state index in [0.29, 0.717) is 17.1 Å². The molecule has 1 unspecified atom stereocenters. The van der Waals surface area contributed by atoms with Gasteiger partial charge in [-0.25, -0.2) is 0 Å². The second-order valence-electron chi connectivity index (χ2n) is 5.18. The van der Waals surface area contributed by atoms with Crippen LogP contribution in [0, 0.1) is 5.92 Å². The van der Waals surface area contributed by atoms with Crippen LogP contribution in [0.1, 0.15) is 12.8 Å². The lowest BCUT2D eigenvalue weighted by Crippen LogP contribution is -2.47. The number of rotatable bonds is 4. The van der Waals surface area contributed by atoms with Gasteiger partial charge in [-0.2, -0.15) is 0 Å². The molecule has 0 bridgehead atoms. The topological polar surface area (TPSA) is 78.5 Å². The number of nitrogens with zero attached hydrogens (tertiary/aromatic N) is 1. The lowest BCUT2D eigenvalue weighted by atomic mass is 9.96. The van der Waals surface area contributed by atoms with E-state index in [9.17, 15) is 14.4 Å². The van der Waals surface area contributed by atoms with E-state index in [4.69, 9.17) is 11.6 Å². The van der Waals surface area contributed by atoms with Gasteiger partial charge in [0.05, 0.1) is 12.5 Å². The Hall–Kier alpha value is -2.08. The average Bonchev–Trinajstić information content (AvgIpc) is 2.49. The number of carbonyl (C=O) groups is 3. The van der Waals surface area contributed by atoms with Crippen molar-refractivity contribution in [2.24, 2.45) is 5.92 Å². The Bertz CT molecular complexity index is 591. The van der Waals surface area contributed by atoms with Crippen LogP contribution in [-0.4, -0.2) is 42.8 Å². The zero-order valence-corrected chi connectivity index (χ0v) is 13.0. The molecule has 118 valence electrons. The molecule has 0 aliphatic carbocycles. The number of carbonyl (C=O) groups excluding carboxylic acids is 3. The quantitative estimate of drug-likeness (QED) is 0.875. The average molecular weight is 324 g/mol. The van der Waals surface area contributed by atoms with Gasteiger partial charge in [-0.3, -0.25) is 14.4 Å². The Kier molecular flexibility index (Phi) is 5.38. The van der Waals surface area contributed by atoms with E-state index in [1.165, 1.54) is 11.9 Å². The van der Waals surface area contributed by atoms with Crippen molar-refractivity contribution < 1.29 is 14.4 Å². The smallest absolute Gasteiger partial charge is 0.239 e. The van der Waals surface area contributed by atoms with Crippen LogP contribution in [0.25, 0.3) is 0 Å². The van der Waals surface area contributed by atoms with E-state index in [1.807, 2.05) is 0 Å². The van der Waals surface area contributed by atoms with Gasteiger partial charge in [0.2, 0.25) is 17.7 Å². The second-order valence-corrected chi connectivity index (χ2v) is 5.62. The highest BCUT2D eigenvalue weighted by atomic mass is 35.5. The molecule has 0 saturated carbocycles. The van der Waals surface area contributed by atoms with Gasteiger partial charge in [0, 0.05) is 30.7 Å². The van der Waals surface area contributed by atoms with Crippen molar-refractivity contribution in [2.75, 3.05) is 25.5 Å². The Morgan fingerprint density at radius 2 is 2.18 bits per heavy atom. The van der Waals surface area contributed by atoms with Crippen molar-refractivity contribution in [3.63, 3.8) is 0 Å². The normalized spacial score (nSPS) is 18.0. The summed E-state index contributed by atoms with van der Waals surface area (Å²) in [7, 11) is 1.51. The fourth-order valence-electron chi connectivity index (χ4n) is 2.34. The highest BCUT2D eigenvalue weighted by Gasteiger charge is 2.31. The first-order valence-corrected chi connectivity index (χ1v) is 7.42. The zero-order valence-electron chi connectivity index (χ0n) is 12.3. The van der Waals surface area contributed by atoms with E-state index in [2.05, 4.69) is 10.6 Å². The first-order valence-electron chi connectivity index (χ1n) is 7.04. The van der Waals surface area contributed by atoms with Crippen molar-refractivity contribution in [1.82, 2.24) is 10.2 Å². The lowest BCUT2D eigenvalue weighted by Gasteiger charge is -2.31. The Labute approximate surface area is 133 Å². The van der Waals surface area contributed by atoms with Crippen molar-refractivity contribution in [3.8, 4) is 0 Å². The van der Waals surface area contributed by atoms with E-state index in [1.54, 1.807) is 24.3 Å². The van der Waals surface area contributed by atoms with Gasteiger partial charge in [0.15, 0.2) is 0 Å². The molecule has 1 aromatic rings. The molecule has 6 nitrogen and oxygen atoms in total. The number of hydrogen-bond donors (Lipinski definition) is 2. The maximum atomic E-state index is 12.3. The van der Waals surface area contributed by atoms with Gasteiger partial charge < -0.3 is 15.5 Å². The third kappa shape index (κ3) is 4.21. The number of benzene rings is 1. The number of likely N-dealkylation sites (tertiary alicyclic amines) is 1. The van der Waals surface area contributed by atoms with Gasteiger partial charge >= 0.3 is 0 Å². The molecule has 1 aliphatic heterocycles. The molecule has 0 radical (unpaired) electrons. The molecule has 0 aromatic heterocycles. The molecule has 1 saturated heterocycles. The van der Waals surface area contributed by atoms with Crippen molar-refractivity contribution in [1.29, 1.82) is 0 Å². The summed E-state index contributed by atoms with van der Waals surface area (Å²) in [5.41, 5.74) is 0.618. The second kappa shape index (κ2) is 7.26. The fraction of sp³-hybridized carbons (Fsp3) is 0.400. The largest absolute Gasteiger partial charge is 0.358 e. The van der Waals surface area contributed by atoms with E-state index in [-0.39, 0.29) is 43.1 Å². The van der Waals surface area contributed by atoms with Gasteiger partial charge in [0.25, 0.3) is 0 Å². The van der Waals surface area contributed by atoms with Gasteiger partial charge in [-0.15, -0.1) is 0 Å². The number of hydrogen-bond acceptors (Lipinski definition) is 3. The molecule has 1 aromatic carbocycles. The minimum Gasteiger partial charge on any atom is -0.358 e. The molecule has 2 rings (SSSR count). The molecule has 22 heavy (non-hydrogen) atoms. The first kappa shape index (κ1) is 16.3. The van der Waals surface area contributed by atoms with Crippen LogP contribution < -0.4 is 10.6 Å². The molecule has 0 spiro atoms. The molecular formula is C15H18ClN3O3. The summed E-state index contributed by atoms with van der Waals surface area (Å²) in [6.07, 6.45) is 0.750. The number of likely N-dealkylation sites (N-methyl/N-ethyl adjacent to an activating group) is 1. The van der Waals surface area contributed by atoms with Crippen molar-refractivity contribution in [3.05, 3.63) is 29.3 Å². The molecular weight excluding hydrogens is 306 g/mol. The molecule has 2 N–H and O–H groups in total.